The van der Waals surface area contributed by atoms with E-state index in [0.29, 0.717) is 17.2 Å². The molecule has 0 N–H and O–H groups in total. The Bertz CT molecular complexity index is 855. The lowest BCUT2D eigenvalue weighted by Crippen LogP contribution is -2.32. The number of aryl methyl sites for hydroxylation is 2. The summed E-state index contributed by atoms with van der Waals surface area (Å²) in [6.45, 7) is 7.65. The van der Waals surface area contributed by atoms with Crippen LogP contribution in [0.2, 0.25) is 0 Å². The SMILES string of the molecule is C=CCN(c1c(C)cccc1C)S(=O)(=O)c1ccc(OC)c(OC)c1. The first-order valence-electron chi connectivity index (χ1n) is 7.78. The fraction of sp³-hybridized carbons (Fsp3) is 0.263. The molecule has 134 valence electrons. The number of rotatable bonds is 7. The number of anilines is 1. The van der Waals surface area contributed by atoms with Gasteiger partial charge in [-0.25, -0.2) is 8.42 Å². The van der Waals surface area contributed by atoms with E-state index < -0.39 is 10.0 Å². The first-order chi connectivity index (χ1) is 11.9. The van der Waals surface area contributed by atoms with Crippen molar-refractivity contribution in [3.05, 3.63) is 60.2 Å². The van der Waals surface area contributed by atoms with E-state index >= 15 is 0 Å². The van der Waals surface area contributed by atoms with Crippen LogP contribution in [0.1, 0.15) is 11.1 Å². The number of benzene rings is 2. The number of hydrogen-bond donors (Lipinski definition) is 0. The largest absolute Gasteiger partial charge is 0.493 e. The molecule has 25 heavy (non-hydrogen) atoms. The van der Waals surface area contributed by atoms with E-state index in [2.05, 4.69) is 6.58 Å². The molecule has 2 aromatic rings. The van der Waals surface area contributed by atoms with Gasteiger partial charge in [-0.05, 0) is 37.1 Å². The second kappa shape index (κ2) is 7.61. The molecule has 0 aromatic heterocycles. The maximum Gasteiger partial charge on any atom is 0.264 e. The third-order valence-electron chi connectivity index (χ3n) is 3.93. The highest BCUT2D eigenvalue weighted by atomic mass is 32.2. The minimum atomic E-state index is -3.79. The van der Waals surface area contributed by atoms with Gasteiger partial charge in [0, 0.05) is 6.07 Å². The summed E-state index contributed by atoms with van der Waals surface area (Å²) >= 11 is 0. The predicted molar refractivity (Wildman–Crippen MR) is 100 cm³/mol. The van der Waals surface area contributed by atoms with Crippen LogP contribution in [0.15, 0.2) is 53.9 Å². The summed E-state index contributed by atoms with van der Waals surface area (Å²) in [4.78, 5) is 0.134. The first kappa shape index (κ1) is 18.9. The molecule has 2 aromatic carbocycles. The Balaban J connectivity index is 2.63. The molecule has 5 nitrogen and oxygen atoms in total. The van der Waals surface area contributed by atoms with Crippen LogP contribution < -0.4 is 13.8 Å². The number of sulfonamides is 1. The molecule has 0 radical (unpaired) electrons. The van der Waals surface area contributed by atoms with Crippen LogP contribution in [-0.4, -0.2) is 29.2 Å². The van der Waals surface area contributed by atoms with Crippen LogP contribution in [0.4, 0.5) is 5.69 Å². The molecular weight excluding hydrogens is 338 g/mol. The quantitative estimate of drug-likeness (QED) is 0.706. The molecule has 0 aliphatic heterocycles. The third-order valence-corrected chi connectivity index (χ3v) is 5.69. The molecule has 2 rings (SSSR count). The summed E-state index contributed by atoms with van der Waals surface area (Å²) in [5.41, 5.74) is 2.42. The zero-order valence-corrected chi connectivity index (χ0v) is 15.8. The van der Waals surface area contributed by atoms with E-state index in [4.69, 9.17) is 9.47 Å². The molecule has 0 unspecified atom stereocenters. The van der Waals surface area contributed by atoms with Gasteiger partial charge in [-0.15, -0.1) is 6.58 Å². The van der Waals surface area contributed by atoms with Crippen molar-refractivity contribution in [3.63, 3.8) is 0 Å². The lowest BCUT2D eigenvalue weighted by Gasteiger charge is -2.26. The first-order valence-corrected chi connectivity index (χ1v) is 9.22. The number of ether oxygens (including phenoxy) is 2. The van der Waals surface area contributed by atoms with Gasteiger partial charge in [0.1, 0.15) is 0 Å². The molecular formula is C19H23NO4S. The normalized spacial score (nSPS) is 11.0. The molecule has 0 amide bonds. The molecule has 6 heteroatoms. The molecule has 0 aliphatic rings. The average molecular weight is 361 g/mol. The van der Waals surface area contributed by atoms with Gasteiger partial charge in [-0.3, -0.25) is 4.31 Å². The average Bonchev–Trinajstić information content (AvgIpc) is 2.60. The Labute approximate surface area is 149 Å². The van der Waals surface area contributed by atoms with Crippen LogP contribution in [0.5, 0.6) is 11.5 Å². The number of nitrogens with zero attached hydrogens (tertiary/aromatic N) is 1. The van der Waals surface area contributed by atoms with Gasteiger partial charge in [-0.2, -0.15) is 0 Å². The minimum absolute atomic E-state index is 0.134. The highest BCUT2D eigenvalue weighted by Gasteiger charge is 2.27. The van der Waals surface area contributed by atoms with Crippen molar-refractivity contribution < 1.29 is 17.9 Å². The molecule has 0 fully saturated rings. The van der Waals surface area contributed by atoms with Gasteiger partial charge < -0.3 is 9.47 Å². The lowest BCUT2D eigenvalue weighted by molar-refractivity contribution is 0.354. The molecule has 0 heterocycles. The standard InChI is InChI=1S/C19H23NO4S/c1-6-12-20(19-14(2)8-7-9-15(19)3)25(21,22)16-10-11-17(23-4)18(13-16)24-5/h6-11,13H,1,12H2,2-5H3. The minimum Gasteiger partial charge on any atom is -0.493 e. The molecule has 0 saturated heterocycles. The Morgan fingerprint density at radius 3 is 2.16 bits per heavy atom. The van der Waals surface area contributed by atoms with Crippen molar-refractivity contribution in [2.75, 3.05) is 25.1 Å². The summed E-state index contributed by atoms with van der Waals surface area (Å²) in [7, 11) is -0.812. The van der Waals surface area contributed by atoms with Gasteiger partial charge in [0.15, 0.2) is 11.5 Å². The van der Waals surface area contributed by atoms with E-state index in [0.717, 1.165) is 11.1 Å². The van der Waals surface area contributed by atoms with Gasteiger partial charge in [0.2, 0.25) is 0 Å². The van der Waals surface area contributed by atoms with Gasteiger partial charge in [0.05, 0.1) is 31.3 Å². The second-order valence-electron chi connectivity index (χ2n) is 5.58. The highest BCUT2D eigenvalue weighted by Crippen LogP contribution is 2.34. The Morgan fingerprint density at radius 1 is 1.04 bits per heavy atom. The van der Waals surface area contributed by atoms with E-state index in [1.165, 1.54) is 30.7 Å². The fourth-order valence-electron chi connectivity index (χ4n) is 2.73. The molecule has 0 atom stereocenters. The summed E-state index contributed by atoms with van der Waals surface area (Å²) in [5, 5.41) is 0. The van der Waals surface area contributed by atoms with Crippen LogP contribution >= 0.6 is 0 Å². The van der Waals surface area contributed by atoms with Crippen LogP contribution in [-0.2, 0) is 10.0 Å². The summed E-state index contributed by atoms with van der Waals surface area (Å²) in [6.07, 6.45) is 1.57. The van der Waals surface area contributed by atoms with Gasteiger partial charge >= 0.3 is 0 Å². The maximum absolute atomic E-state index is 13.3. The van der Waals surface area contributed by atoms with Crippen LogP contribution in [0, 0.1) is 13.8 Å². The van der Waals surface area contributed by atoms with Gasteiger partial charge in [0.25, 0.3) is 10.0 Å². The highest BCUT2D eigenvalue weighted by molar-refractivity contribution is 7.92. The summed E-state index contributed by atoms with van der Waals surface area (Å²) in [6, 6.07) is 10.3. The molecule has 0 aliphatic carbocycles. The van der Waals surface area contributed by atoms with Crippen molar-refractivity contribution >= 4 is 15.7 Å². The van der Waals surface area contributed by atoms with Crippen molar-refractivity contribution in [1.82, 2.24) is 0 Å². The van der Waals surface area contributed by atoms with E-state index in [1.54, 1.807) is 12.1 Å². The molecule has 0 spiro atoms. The van der Waals surface area contributed by atoms with Crippen molar-refractivity contribution in [3.8, 4) is 11.5 Å². The van der Waals surface area contributed by atoms with Crippen molar-refractivity contribution in [1.29, 1.82) is 0 Å². The number of methoxy groups -OCH3 is 2. The van der Waals surface area contributed by atoms with Crippen LogP contribution in [0.25, 0.3) is 0 Å². The smallest absolute Gasteiger partial charge is 0.264 e. The van der Waals surface area contributed by atoms with E-state index in [9.17, 15) is 8.42 Å². The fourth-order valence-corrected chi connectivity index (χ4v) is 4.31. The van der Waals surface area contributed by atoms with Crippen LogP contribution in [0.3, 0.4) is 0 Å². The monoisotopic (exact) mass is 361 g/mol. The zero-order valence-electron chi connectivity index (χ0n) is 14.9. The maximum atomic E-state index is 13.3. The second-order valence-corrected chi connectivity index (χ2v) is 7.44. The van der Waals surface area contributed by atoms with Gasteiger partial charge in [-0.1, -0.05) is 24.3 Å². The summed E-state index contributed by atoms with van der Waals surface area (Å²) in [5.74, 6) is 0.840. The van der Waals surface area contributed by atoms with E-state index in [-0.39, 0.29) is 11.4 Å². The zero-order chi connectivity index (χ0) is 18.6. The predicted octanol–water partition coefficient (Wildman–Crippen LogP) is 3.70. The number of hydrogen-bond acceptors (Lipinski definition) is 4. The van der Waals surface area contributed by atoms with E-state index in [1.807, 2.05) is 32.0 Å². The Morgan fingerprint density at radius 2 is 1.64 bits per heavy atom. The Hall–Kier alpha value is -2.47. The van der Waals surface area contributed by atoms with Crippen molar-refractivity contribution in [2.24, 2.45) is 0 Å². The molecule has 0 saturated carbocycles. The topological polar surface area (TPSA) is 55.8 Å². The Kier molecular flexibility index (Phi) is 5.74. The number of para-hydroxylation sites is 1. The summed E-state index contributed by atoms with van der Waals surface area (Å²) < 4.78 is 38.3. The lowest BCUT2D eigenvalue weighted by atomic mass is 10.1. The molecule has 0 bridgehead atoms. The third kappa shape index (κ3) is 3.64. The van der Waals surface area contributed by atoms with Crippen molar-refractivity contribution in [2.45, 2.75) is 18.7 Å².